The first kappa shape index (κ1) is 18.0. The molecule has 2 aromatic heterocycles. The molecular weight excluding hydrogens is 352 g/mol. The van der Waals surface area contributed by atoms with E-state index in [9.17, 15) is 4.79 Å². The van der Waals surface area contributed by atoms with Crippen LogP contribution in [0.3, 0.4) is 0 Å². The lowest BCUT2D eigenvalue weighted by molar-refractivity contribution is 0.0912. The van der Waals surface area contributed by atoms with Crippen molar-refractivity contribution in [2.75, 3.05) is 7.11 Å². The van der Waals surface area contributed by atoms with E-state index in [0.29, 0.717) is 5.71 Å². The molecule has 0 fully saturated rings. The van der Waals surface area contributed by atoms with Crippen molar-refractivity contribution in [1.82, 2.24) is 10.3 Å². The van der Waals surface area contributed by atoms with Gasteiger partial charge in [-0.15, -0.1) is 0 Å². The number of carbonyl (C=O) groups excluding carboxylic acids is 1. The summed E-state index contributed by atoms with van der Waals surface area (Å²) in [5, 5.41) is 4.78. The van der Waals surface area contributed by atoms with E-state index in [-0.39, 0.29) is 17.7 Å². The second-order valence-electron chi connectivity index (χ2n) is 6.95. The first-order chi connectivity index (χ1) is 13.6. The minimum absolute atomic E-state index is 0.0391. The monoisotopic (exact) mass is 374 g/mol. The van der Waals surface area contributed by atoms with Crippen LogP contribution in [0, 0.1) is 0 Å². The Balaban J connectivity index is 1.48. The molecule has 2 aromatic carbocycles. The molecular formula is C23H22N2O3. The third kappa shape index (κ3) is 3.83. The number of benzene rings is 2. The van der Waals surface area contributed by atoms with E-state index >= 15 is 0 Å². The third-order valence-corrected chi connectivity index (χ3v) is 4.82. The molecule has 0 unspecified atom stereocenters. The van der Waals surface area contributed by atoms with Crippen LogP contribution in [0.2, 0.25) is 0 Å². The lowest BCUT2D eigenvalue weighted by Crippen LogP contribution is -2.32. The van der Waals surface area contributed by atoms with Crippen molar-refractivity contribution in [1.29, 1.82) is 0 Å². The molecule has 1 amide bonds. The van der Waals surface area contributed by atoms with E-state index in [0.717, 1.165) is 34.9 Å². The van der Waals surface area contributed by atoms with E-state index < -0.39 is 0 Å². The fraction of sp³-hybridized carbons (Fsp3) is 0.217. The summed E-state index contributed by atoms with van der Waals surface area (Å²) in [7, 11) is 1.62. The zero-order valence-corrected chi connectivity index (χ0v) is 15.9. The van der Waals surface area contributed by atoms with Crippen molar-refractivity contribution in [2.45, 2.75) is 25.8 Å². The Hall–Kier alpha value is -3.34. The SMILES string of the molecule is COc1ccc2cc3cc(C(=O)N[C@H](C)CCc4ccccc4)oc3nc2c1. The highest BCUT2D eigenvalue weighted by molar-refractivity contribution is 5.98. The van der Waals surface area contributed by atoms with Crippen LogP contribution in [0.4, 0.5) is 0 Å². The topological polar surface area (TPSA) is 64.4 Å². The Labute approximate surface area is 163 Å². The Bertz CT molecular complexity index is 1120. The van der Waals surface area contributed by atoms with Gasteiger partial charge in [-0.3, -0.25) is 4.79 Å². The molecule has 28 heavy (non-hydrogen) atoms. The molecule has 0 aliphatic rings. The predicted octanol–water partition coefficient (Wildman–Crippen LogP) is 4.74. The number of pyridine rings is 1. The summed E-state index contributed by atoms with van der Waals surface area (Å²) in [5.74, 6) is 0.785. The number of aryl methyl sites for hydroxylation is 1. The maximum absolute atomic E-state index is 12.6. The molecule has 0 aliphatic carbocycles. The van der Waals surface area contributed by atoms with Gasteiger partial charge in [-0.25, -0.2) is 4.98 Å². The summed E-state index contributed by atoms with van der Waals surface area (Å²) in [6, 6.07) is 19.7. The molecule has 5 nitrogen and oxygen atoms in total. The van der Waals surface area contributed by atoms with Gasteiger partial charge in [-0.2, -0.15) is 0 Å². The number of fused-ring (bicyclic) bond motifs is 2. The lowest BCUT2D eigenvalue weighted by atomic mass is 10.1. The predicted molar refractivity (Wildman–Crippen MR) is 110 cm³/mol. The first-order valence-corrected chi connectivity index (χ1v) is 9.35. The number of furan rings is 1. The van der Waals surface area contributed by atoms with Gasteiger partial charge in [0.25, 0.3) is 5.91 Å². The van der Waals surface area contributed by atoms with E-state index in [1.165, 1.54) is 5.56 Å². The highest BCUT2D eigenvalue weighted by atomic mass is 16.5. The molecule has 0 bridgehead atoms. The highest BCUT2D eigenvalue weighted by Gasteiger charge is 2.16. The average Bonchev–Trinajstić information content (AvgIpc) is 3.14. The van der Waals surface area contributed by atoms with Crippen LogP contribution in [0.15, 0.2) is 65.1 Å². The molecule has 142 valence electrons. The Morgan fingerprint density at radius 1 is 1.11 bits per heavy atom. The Morgan fingerprint density at radius 2 is 1.93 bits per heavy atom. The number of methoxy groups -OCH3 is 1. The first-order valence-electron chi connectivity index (χ1n) is 9.35. The maximum atomic E-state index is 12.6. The highest BCUT2D eigenvalue weighted by Crippen LogP contribution is 2.25. The molecule has 2 heterocycles. The summed E-state index contributed by atoms with van der Waals surface area (Å²) < 4.78 is 11.0. The molecule has 0 saturated heterocycles. The van der Waals surface area contributed by atoms with Crippen molar-refractivity contribution in [3.8, 4) is 5.75 Å². The van der Waals surface area contributed by atoms with Gasteiger partial charge in [-0.1, -0.05) is 30.3 Å². The lowest BCUT2D eigenvalue weighted by Gasteiger charge is -2.12. The second-order valence-corrected chi connectivity index (χ2v) is 6.95. The van der Waals surface area contributed by atoms with Crippen LogP contribution < -0.4 is 10.1 Å². The number of aromatic nitrogens is 1. The zero-order valence-electron chi connectivity index (χ0n) is 15.9. The van der Waals surface area contributed by atoms with Crippen LogP contribution >= 0.6 is 0 Å². The number of hydrogen-bond donors (Lipinski definition) is 1. The van der Waals surface area contributed by atoms with Crippen LogP contribution in [0.5, 0.6) is 5.75 Å². The quantitative estimate of drug-likeness (QED) is 0.529. The fourth-order valence-corrected chi connectivity index (χ4v) is 3.24. The van der Waals surface area contributed by atoms with Crippen molar-refractivity contribution in [3.63, 3.8) is 0 Å². The smallest absolute Gasteiger partial charge is 0.287 e. The number of ether oxygens (including phenoxy) is 1. The molecule has 4 aromatic rings. The Kier molecular flexibility index (Phi) is 4.98. The molecule has 0 spiro atoms. The van der Waals surface area contributed by atoms with E-state index in [2.05, 4.69) is 22.4 Å². The van der Waals surface area contributed by atoms with Gasteiger partial charge < -0.3 is 14.5 Å². The van der Waals surface area contributed by atoms with Crippen molar-refractivity contribution >= 4 is 27.9 Å². The van der Waals surface area contributed by atoms with Gasteiger partial charge in [-0.05, 0) is 49.6 Å². The van der Waals surface area contributed by atoms with Crippen LogP contribution in [-0.2, 0) is 6.42 Å². The van der Waals surface area contributed by atoms with Gasteiger partial charge in [0.2, 0.25) is 5.71 Å². The maximum Gasteiger partial charge on any atom is 0.287 e. The van der Waals surface area contributed by atoms with Crippen molar-refractivity contribution in [3.05, 3.63) is 72.0 Å². The number of hydrogen-bond acceptors (Lipinski definition) is 4. The third-order valence-electron chi connectivity index (χ3n) is 4.82. The molecule has 4 rings (SSSR count). The molecule has 1 atom stereocenters. The van der Waals surface area contributed by atoms with Crippen LogP contribution in [0.1, 0.15) is 29.5 Å². The van der Waals surface area contributed by atoms with Crippen molar-refractivity contribution < 1.29 is 13.9 Å². The fourth-order valence-electron chi connectivity index (χ4n) is 3.24. The number of amides is 1. The van der Waals surface area contributed by atoms with E-state index in [1.807, 2.05) is 49.4 Å². The molecule has 0 aliphatic heterocycles. The molecule has 0 radical (unpaired) electrons. The minimum atomic E-state index is -0.222. The summed E-state index contributed by atoms with van der Waals surface area (Å²) in [6.45, 7) is 2.00. The van der Waals surface area contributed by atoms with Gasteiger partial charge in [0, 0.05) is 22.9 Å². The van der Waals surface area contributed by atoms with Crippen LogP contribution in [-0.4, -0.2) is 24.0 Å². The van der Waals surface area contributed by atoms with Crippen LogP contribution in [0.25, 0.3) is 22.0 Å². The summed E-state index contributed by atoms with van der Waals surface area (Å²) in [4.78, 5) is 17.1. The molecule has 0 saturated carbocycles. The molecule has 5 heteroatoms. The number of nitrogens with zero attached hydrogens (tertiary/aromatic N) is 1. The number of nitrogens with one attached hydrogen (secondary N) is 1. The standard InChI is InChI=1S/C23H22N2O3/c1-15(8-9-16-6-4-3-5-7-16)24-22(26)21-13-18-12-17-10-11-19(27-2)14-20(17)25-23(18)28-21/h3-7,10-15H,8-9H2,1-2H3,(H,24,26)/t15-/m1/s1. The second kappa shape index (κ2) is 7.72. The normalized spacial score (nSPS) is 12.2. The summed E-state index contributed by atoms with van der Waals surface area (Å²) >= 11 is 0. The van der Waals surface area contributed by atoms with Gasteiger partial charge in [0.1, 0.15) is 5.75 Å². The summed E-state index contributed by atoms with van der Waals surface area (Å²) in [6.07, 6.45) is 1.77. The van der Waals surface area contributed by atoms with Gasteiger partial charge in [0.15, 0.2) is 5.76 Å². The Morgan fingerprint density at radius 3 is 2.71 bits per heavy atom. The number of carbonyl (C=O) groups is 1. The van der Waals surface area contributed by atoms with Gasteiger partial charge >= 0.3 is 0 Å². The zero-order chi connectivity index (χ0) is 19.5. The summed E-state index contributed by atoms with van der Waals surface area (Å²) in [5.41, 5.74) is 2.48. The van der Waals surface area contributed by atoms with E-state index in [4.69, 9.17) is 9.15 Å². The molecule has 1 N–H and O–H groups in total. The number of rotatable bonds is 6. The average molecular weight is 374 g/mol. The largest absolute Gasteiger partial charge is 0.497 e. The van der Waals surface area contributed by atoms with Crippen molar-refractivity contribution in [2.24, 2.45) is 0 Å². The van der Waals surface area contributed by atoms with E-state index in [1.54, 1.807) is 13.2 Å². The van der Waals surface area contributed by atoms with Gasteiger partial charge in [0.05, 0.1) is 12.6 Å². The minimum Gasteiger partial charge on any atom is -0.497 e.